The first-order valence-corrected chi connectivity index (χ1v) is 7.18. The number of carbonyl (C=O) groups is 1. The number of halogens is 1. The van der Waals surface area contributed by atoms with Crippen LogP contribution in [0.25, 0.3) is 0 Å². The number of benzene rings is 1. The summed E-state index contributed by atoms with van der Waals surface area (Å²) in [5.74, 6) is 1.45. The Hall–Kier alpha value is -1.23. The smallest absolute Gasteiger partial charge is 0.254 e. The van der Waals surface area contributed by atoms with Crippen molar-refractivity contribution in [3.05, 3.63) is 23.8 Å². The quantitative estimate of drug-likeness (QED) is 0.787. The molecule has 2 heterocycles. The van der Waals surface area contributed by atoms with Crippen LogP contribution in [0.15, 0.2) is 18.2 Å². The van der Waals surface area contributed by atoms with Gasteiger partial charge in [-0.3, -0.25) is 4.79 Å². The van der Waals surface area contributed by atoms with Gasteiger partial charge < -0.3 is 14.4 Å². The molecule has 0 aliphatic carbocycles. The van der Waals surface area contributed by atoms with Crippen LogP contribution in [-0.2, 0) is 0 Å². The third kappa shape index (κ3) is 1.96. The monoisotopic (exact) mass is 311 g/mol. The molecule has 2 aliphatic rings. The molecule has 0 bridgehead atoms. The molecule has 0 aromatic heterocycles. The SMILES string of the molecule is O=C(c1ccc2c(c1)OCO2)N1CCCC1CBr. The number of hydrogen-bond donors (Lipinski definition) is 0. The summed E-state index contributed by atoms with van der Waals surface area (Å²) in [7, 11) is 0. The molecule has 1 aromatic carbocycles. The zero-order chi connectivity index (χ0) is 12.5. The molecule has 0 saturated carbocycles. The van der Waals surface area contributed by atoms with E-state index in [1.54, 1.807) is 18.2 Å². The lowest BCUT2D eigenvalue weighted by atomic mass is 10.1. The first kappa shape index (κ1) is 11.8. The summed E-state index contributed by atoms with van der Waals surface area (Å²) >= 11 is 3.47. The maximum absolute atomic E-state index is 12.4. The largest absolute Gasteiger partial charge is 0.454 e. The van der Waals surface area contributed by atoms with Gasteiger partial charge in [0, 0.05) is 23.5 Å². The van der Waals surface area contributed by atoms with E-state index in [9.17, 15) is 4.79 Å². The van der Waals surface area contributed by atoms with E-state index in [-0.39, 0.29) is 12.7 Å². The van der Waals surface area contributed by atoms with E-state index < -0.39 is 0 Å². The van der Waals surface area contributed by atoms with Crippen molar-refractivity contribution >= 4 is 21.8 Å². The van der Waals surface area contributed by atoms with Crippen LogP contribution in [-0.4, -0.2) is 35.5 Å². The number of rotatable bonds is 2. The lowest BCUT2D eigenvalue weighted by molar-refractivity contribution is 0.0750. The molecule has 5 heteroatoms. The van der Waals surface area contributed by atoms with Crippen LogP contribution in [0, 0.1) is 0 Å². The van der Waals surface area contributed by atoms with Gasteiger partial charge in [0.1, 0.15) is 0 Å². The Labute approximate surface area is 114 Å². The molecular weight excluding hydrogens is 298 g/mol. The van der Waals surface area contributed by atoms with Crippen LogP contribution in [0.3, 0.4) is 0 Å². The second-order valence-electron chi connectivity index (χ2n) is 4.52. The van der Waals surface area contributed by atoms with Gasteiger partial charge in [-0.25, -0.2) is 0 Å². The topological polar surface area (TPSA) is 38.8 Å². The molecule has 1 unspecified atom stereocenters. The van der Waals surface area contributed by atoms with Gasteiger partial charge in [-0.1, -0.05) is 15.9 Å². The zero-order valence-electron chi connectivity index (χ0n) is 9.89. The molecule has 0 N–H and O–H groups in total. The van der Waals surface area contributed by atoms with E-state index in [0.29, 0.717) is 23.1 Å². The Morgan fingerprint density at radius 1 is 1.39 bits per heavy atom. The van der Waals surface area contributed by atoms with Gasteiger partial charge in [0.25, 0.3) is 5.91 Å². The summed E-state index contributed by atoms with van der Waals surface area (Å²) in [6.07, 6.45) is 2.15. The van der Waals surface area contributed by atoms with Crippen molar-refractivity contribution in [2.75, 3.05) is 18.7 Å². The fourth-order valence-electron chi connectivity index (χ4n) is 2.46. The molecule has 96 valence electrons. The van der Waals surface area contributed by atoms with Gasteiger partial charge in [0.05, 0.1) is 0 Å². The number of alkyl halides is 1. The van der Waals surface area contributed by atoms with Crippen LogP contribution in [0.2, 0.25) is 0 Å². The van der Waals surface area contributed by atoms with E-state index in [4.69, 9.17) is 9.47 Å². The standard InChI is InChI=1S/C13H14BrNO3/c14-7-10-2-1-5-15(10)13(16)9-3-4-11-12(6-9)18-8-17-11/h3-4,6,10H,1-2,5,7-8H2. The van der Waals surface area contributed by atoms with E-state index in [2.05, 4.69) is 15.9 Å². The minimum absolute atomic E-state index is 0.0789. The second-order valence-corrected chi connectivity index (χ2v) is 5.16. The summed E-state index contributed by atoms with van der Waals surface area (Å²) in [5.41, 5.74) is 0.673. The van der Waals surface area contributed by atoms with E-state index in [0.717, 1.165) is 24.7 Å². The van der Waals surface area contributed by atoms with Gasteiger partial charge >= 0.3 is 0 Å². The maximum atomic E-state index is 12.4. The summed E-state index contributed by atoms with van der Waals surface area (Å²) in [4.78, 5) is 14.4. The second kappa shape index (κ2) is 4.80. The molecule has 1 amide bonds. The van der Waals surface area contributed by atoms with Gasteiger partial charge in [0.15, 0.2) is 11.5 Å². The minimum Gasteiger partial charge on any atom is -0.454 e. The first-order valence-electron chi connectivity index (χ1n) is 6.06. The highest BCUT2D eigenvalue weighted by atomic mass is 79.9. The summed E-state index contributed by atoms with van der Waals surface area (Å²) in [6.45, 7) is 1.07. The zero-order valence-corrected chi connectivity index (χ0v) is 11.5. The molecule has 18 heavy (non-hydrogen) atoms. The summed E-state index contributed by atoms with van der Waals surface area (Å²) < 4.78 is 10.5. The Bertz CT molecular complexity index is 477. The molecule has 2 aliphatic heterocycles. The molecule has 1 fully saturated rings. The van der Waals surface area contributed by atoms with Crippen molar-refractivity contribution in [1.29, 1.82) is 0 Å². The van der Waals surface area contributed by atoms with E-state index >= 15 is 0 Å². The van der Waals surface area contributed by atoms with Crippen LogP contribution in [0.4, 0.5) is 0 Å². The lowest BCUT2D eigenvalue weighted by Gasteiger charge is -2.23. The van der Waals surface area contributed by atoms with Crippen molar-refractivity contribution < 1.29 is 14.3 Å². The van der Waals surface area contributed by atoms with Crippen molar-refractivity contribution in [1.82, 2.24) is 4.90 Å². The predicted molar refractivity (Wildman–Crippen MR) is 70.4 cm³/mol. The average molecular weight is 312 g/mol. The Morgan fingerprint density at radius 3 is 3.06 bits per heavy atom. The van der Waals surface area contributed by atoms with Gasteiger partial charge in [-0.2, -0.15) is 0 Å². The molecule has 1 aromatic rings. The summed E-state index contributed by atoms with van der Waals surface area (Å²) in [5, 5.41) is 0.837. The molecule has 4 nitrogen and oxygen atoms in total. The van der Waals surface area contributed by atoms with Crippen molar-refractivity contribution in [2.24, 2.45) is 0 Å². The van der Waals surface area contributed by atoms with Gasteiger partial charge in [-0.15, -0.1) is 0 Å². The Morgan fingerprint density at radius 2 is 2.22 bits per heavy atom. The molecule has 3 rings (SSSR count). The number of hydrogen-bond acceptors (Lipinski definition) is 3. The molecule has 1 saturated heterocycles. The molecule has 1 atom stereocenters. The fourth-order valence-corrected chi connectivity index (χ4v) is 3.13. The van der Waals surface area contributed by atoms with Crippen molar-refractivity contribution in [3.8, 4) is 11.5 Å². The van der Waals surface area contributed by atoms with Crippen LogP contribution >= 0.6 is 15.9 Å². The van der Waals surface area contributed by atoms with Gasteiger partial charge in [0.2, 0.25) is 6.79 Å². The van der Waals surface area contributed by atoms with Crippen LogP contribution < -0.4 is 9.47 Å². The number of carbonyl (C=O) groups excluding carboxylic acids is 1. The lowest BCUT2D eigenvalue weighted by Crippen LogP contribution is -2.36. The minimum atomic E-state index is 0.0789. The number of amides is 1. The third-order valence-electron chi connectivity index (χ3n) is 3.44. The number of fused-ring (bicyclic) bond motifs is 1. The van der Waals surface area contributed by atoms with Gasteiger partial charge in [-0.05, 0) is 31.0 Å². The molecular formula is C13H14BrNO3. The number of likely N-dealkylation sites (tertiary alicyclic amines) is 1. The third-order valence-corrected chi connectivity index (χ3v) is 4.18. The maximum Gasteiger partial charge on any atom is 0.254 e. The number of nitrogens with zero attached hydrogens (tertiary/aromatic N) is 1. The molecule has 0 spiro atoms. The van der Waals surface area contributed by atoms with E-state index in [1.165, 1.54) is 0 Å². The van der Waals surface area contributed by atoms with Crippen LogP contribution in [0.5, 0.6) is 11.5 Å². The Balaban J connectivity index is 1.84. The first-order chi connectivity index (χ1) is 8.79. The normalized spacial score (nSPS) is 21.4. The summed E-state index contributed by atoms with van der Waals surface area (Å²) in [6, 6.07) is 5.69. The van der Waals surface area contributed by atoms with E-state index in [1.807, 2.05) is 4.90 Å². The average Bonchev–Trinajstić information content (AvgIpc) is 3.05. The van der Waals surface area contributed by atoms with Crippen LogP contribution in [0.1, 0.15) is 23.2 Å². The van der Waals surface area contributed by atoms with Crippen molar-refractivity contribution in [3.63, 3.8) is 0 Å². The highest BCUT2D eigenvalue weighted by Gasteiger charge is 2.29. The number of ether oxygens (including phenoxy) is 2. The highest BCUT2D eigenvalue weighted by molar-refractivity contribution is 9.09. The highest BCUT2D eigenvalue weighted by Crippen LogP contribution is 2.33. The predicted octanol–water partition coefficient (Wildman–Crippen LogP) is 2.41. The fraction of sp³-hybridized carbons (Fsp3) is 0.462. The molecule has 0 radical (unpaired) electrons. The van der Waals surface area contributed by atoms with Crippen molar-refractivity contribution in [2.45, 2.75) is 18.9 Å². The Kier molecular flexibility index (Phi) is 3.16.